The van der Waals surface area contributed by atoms with Crippen LogP contribution >= 0.6 is 27.3 Å². The van der Waals surface area contributed by atoms with E-state index in [4.69, 9.17) is 4.74 Å². The second-order valence-electron chi connectivity index (χ2n) is 8.13. The molecule has 0 amide bonds. The van der Waals surface area contributed by atoms with E-state index in [0.717, 1.165) is 23.2 Å². The van der Waals surface area contributed by atoms with E-state index < -0.39 is 8.07 Å². The highest BCUT2D eigenvalue weighted by Crippen LogP contribution is 2.35. The normalized spacial score (nSPS) is 12.4. The molecule has 8 nitrogen and oxygen atoms in total. The van der Waals surface area contributed by atoms with Gasteiger partial charge in [-0.25, -0.2) is 19.3 Å². The maximum Gasteiger partial charge on any atom is 0.212 e. The van der Waals surface area contributed by atoms with Gasteiger partial charge in [-0.15, -0.1) is 5.10 Å². The molecule has 0 spiro atoms. The lowest BCUT2D eigenvalue weighted by molar-refractivity contribution is 0.0785. The molecule has 160 valence electrons. The van der Waals surface area contributed by atoms with Gasteiger partial charge in [0, 0.05) is 26.6 Å². The number of aromatic nitrogens is 5. The van der Waals surface area contributed by atoms with Crippen LogP contribution < -0.4 is 5.49 Å². The minimum atomic E-state index is -1.10. The summed E-state index contributed by atoms with van der Waals surface area (Å²) in [5.41, 5.74) is 1.63. The highest BCUT2D eigenvalue weighted by Gasteiger charge is 2.16. The van der Waals surface area contributed by atoms with Crippen molar-refractivity contribution in [2.75, 3.05) is 6.61 Å². The Balaban J connectivity index is 1.77. The molecule has 0 saturated heterocycles. The summed E-state index contributed by atoms with van der Waals surface area (Å²) in [7, 11) is -1.10. The van der Waals surface area contributed by atoms with Crippen LogP contribution in [0.3, 0.4) is 0 Å². The van der Waals surface area contributed by atoms with Crippen LogP contribution in [0.5, 0.6) is 0 Å². The predicted molar refractivity (Wildman–Crippen MR) is 127 cm³/mol. The third-order valence-corrected chi connectivity index (χ3v) is 7.36. The summed E-state index contributed by atoms with van der Waals surface area (Å²) in [6, 6.07) is 6.86. The lowest BCUT2D eigenvalue weighted by Gasteiger charge is -2.15. The highest BCUT2D eigenvalue weighted by molar-refractivity contribution is 9.10. The largest absolute Gasteiger partial charge is 0.359 e. The minimum Gasteiger partial charge on any atom is -0.359 e. The van der Waals surface area contributed by atoms with E-state index in [1.807, 2.05) is 38.2 Å². The maximum atomic E-state index is 5.74. The number of hydrogen-bond donors (Lipinski definition) is 0. The van der Waals surface area contributed by atoms with Crippen molar-refractivity contribution in [2.45, 2.75) is 46.3 Å². The third-order valence-electron chi connectivity index (χ3n) is 3.87. The average molecular weight is 509 g/mol. The number of hydrogen-bond acceptors (Lipinski definition) is 7. The van der Waals surface area contributed by atoms with Crippen molar-refractivity contribution in [3.05, 3.63) is 40.8 Å². The van der Waals surface area contributed by atoms with Crippen LogP contribution in [0.25, 0.3) is 10.7 Å². The van der Waals surface area contributed by atoms with Crippen LogP contribution in [0.15, 0.2) is 45.4 Å². The molecule has 0 N–H and O–H groups in total. The first-order valence-corrected chi connectivity index (χ1v) is 14.9. The zero-order valence-electron chi connectivity index (χ0n) is 17.8. The molecule has 0 aliphatic rings. The first-order chi connectivity index (χ1) is 14.2. The molecule has 0 saturated carbocycles. The molecule has 0 aromatic carbocycles. The van der Waals surface area contributed by atoms with Crippen molar-refractivity contribution in [3.8, 4) is 10.7 Å². The molecule has 3 heterocycles. The fourth-order valence-electron chi connectivity index (χ4n) is 2.39. The van der Waals surface area contributed by atoms with E-state index >= 15 is 0 Å². The van der Waals surface area contributed by atoms with Gasteiger partial charge in [0.05, 0.1) is 0 Å². The first-order valence-electron chi connectivity index (χ1n) is 9.60. The van der Waals surface area contributed by atoms with Crippen LogP contribution in [0.4, 0.5) is 5.13 Å². The number of halogens is 1. The fourth-order valence-corrected chi connectivity index (χ4v) is 4.62. The first kappa shape index (κ1) is 22.7. The fraction of sp³-hybridized carbons (Fsp3) is 0.421. The van der Waals surface area contributed by atoms with Gasteiger partial charge in [-0.1, -0.05) is 37.0 Å². The Morgan fingerprint density at radius 1 is 1.27 bits per heavy atom. The molecule has 0 aliphatic heterocycles. The molecular formula is C19H26BrN7OSSi. The summed E-state index contributed by atoms with van der Waals surface area (Å²) in [5, 5.41) is 9.58. The van der Waals surface area contributed by atoms with Crippen LogP contribution in [0.1, 0.15) is 13.8 Å². The second kappa shape index (κ2) is 9.90. The zero-order valence-corrected chi connectivity index (χ0v) is 21.2. The Morgan fingerprint density at radius 2 is 2.07 bits per heavy atom. The number of rotatable bonds is 8. The Bertz CT molecular complexity index is 1090. The molecular weight excluding hydrogens is 482 g/mol. The van der Waals surface area contributed by atoms with E-state index in [1.165, 1.54) is 11.3 Å². The SMILES string of the molecule is CC(C)=Nn1cccc/c1=N\c1nc(Br)c(-c2ncn(COCC[Si](C)(C)C)n2)s1. The Morgan fingerprint density at radius 3 is 2.80 bits per heavy atom. The van der Waals surface area contributed by atoms with Crippen molar-refractivity contribution in [3.63, 3.8) is 0 Å². The van der Waals surface area contributed by atoms with Gasteiger partial charge in [0.2, 0.25) is 5.13 Å². The van der Waals surface area contributed by atoms with Gasteiger partial charge in [0.25, 0.3) is 0 Å². The second-order valence-corrected chi connectivity index (χ2v) is 15.5. The Labute approximate surface area is 189 Å². The lowest BCUT2D eigenvalue weighted by Crippen LogP contribution is -2.22. The van der Waals surface area contributed by atoms with Gasteiger partial charge in [0.1, 0.15) is 22.5 Å². The molecule has 3 aromatic rings. The molecule has 30 heavy (non-hydrogen) atoms. The molecule has 0 fully saturated rings. The van der Waals surface area contributed by atoms with Gasteiger partial charge >= 0.3 is 0 Å². The van der Waals surface area contributed by atoms with Gasteiger partial charge in [-0.2, -0.15) is 10.1 Å². The Kier molecular flexibility index (Phi) is 7.50. The molecule has 3 rings (SSSR count). The van der Waals surface area contributed by atoms with Crippen molar-refractivity contribution in [1.82, 2.24) is 24.4 Å². The van der Waals surface area contributed by atoms with Crippen LogP contribution in [-0.2, 0) is 11.5 Å². The van der Waals surface area contributed by atoms with Crippen molar-refractivity contribution in [2.24, 2.45) is 10.1 Å². The summed E-state index contributed by atoms with van der Waals surface area (Å²) in [4.78, 5) is 14.4. The summed E-state index contributed by atoms with van der Waals surface area (Å²) >= 11 is 4.93. The van der Waals surface area contributed by atoms with Gasteiger partial charge in [0.15, 0.2) is 11.3 Å². The highest BCUT2D eigenvalue weighted by atomic mass is 79.9. The minimum absolute atomic E-state index is 0.392. The quantitative estimate of drug-likeness (QED) is 0.250. The van der Waals surface area contributed by atoms with Gasteiger partial charge in [-0.3, -0.25) is 0 Å². The number of ether oxygens (including phenoxy) is 1. The standard InChI is InChI=1S/C19H26BrN7OSSi/c1-14(2)24-27-9-7-6-8-15(27)22-19-23-17(20)16(29-19)18-21-12-26(25-18)13-28-10-11-30(3,4)5/h6-9,12H,10-11,13H2,1-5H3/b22-15+. The van der Waals surface area contributed by atoms with Crippen molar-refractivity contribution in [1.29, 1.82) is 0 Å². The van der Waals surface area contributed by atoms with Gasteiger partial charge in [-0.05, 0) is 48.0 Å². The van der Waals surface area contributed by atoms with E-state index in [1.54, 1.807) is 15.7 Å². The summed E-state index contributed by atoms with van der Waals surface area (Å²) < 4.78 is 9.84. The Hall–Kier alpha value is -1.95. The molecule has 0 atom stereocenters. The smallest absolute Gasteiger partial charge is 0.212 e. The van der Waals surface area contributed by atoms with Crippen LogP contribution in [0, 0.1) is 0 Å². The lowest BCUT2D eigenvalue weighted by atomic mass is 10.5. The van der Waals surface area contributed by atoms with Crippen LogP contribution in [-0.4, -0.2) is 44.8 Å². The van der Waals surface area contributed by atoms with E-state index in [9.17, 15) is 0 Å². The van der Waals surface area contributed by atoms with E-state index in [-0.39, 0.29) is 0 Å². The average Bonchev–Trinajstić information content (AvgIpc) is 3.25. The van der Waals surface area contributed by atoms with Crippen molar-refractivity contribution >= 4 is 46.2 Å². The zero-order chi connectivity index (χ0) is 21.7. The van der Waals surface area contributed by atoms with Crippen LogP contribution in [0.2, 0.25) is 25.7 Å². The monoisotopic (exact) mass is 507 g/mol. The molecule has 0 radical (unpaired) electrons. The molecule has 0 bridgehead atoms. The third kappa shape index (κ3) is 6.52. The number of thiazole rings is 1. The van der Waals surface area contributed by atoms with E-state index in [0.29, 0.717) is 27.8 Å². The maximum absolute atomic E-state index is 5.74. The molecule has 0 aliphatic carbocycles. The van der Waals surface area contributed by atoms with Gasteiger partial charge < -0.3 is 4.74 Å². The van der Waals surface area contributed by atoms with E-state index in [2.05, 4.69) is 60.7 Å². The predicted octanol–water partition coefficient (Wildman–Crippen LogP) is 4.75. The van der Waals surface area contributed by atoms with Crippen molar-refractivity contribution < 1.29 is 4.74 Å². The molecule has 3 aromatic heterocycles. The number of nitrogens with zero attached hydrogens (tertiary/aromatic N) is 7. The topological polar surface area (TPSA) is 82.5 Å². The summed E-state index contributed by atoms with van der Waals surface area (Å²) in [6.07, 6.45) is 3.54. The summed E-state index contributed by atoms with van der Waals surface area (Å²) in [6.45, 7) is 12.0. The molecule has 11 heteroatoms. The number of pyridine rings is 1. The molecule has 0 unspecified atom stereocenters. The summed E-state index contributed by atoms with van der Waals surface area (Å²) in [5.74, 6) is 0.595.